The van der Waals surface area contributed by atoms with Gasteiger partial charge in [0.2, 0.25) is 0 Å². The van der Waals surface area contributed by atoms with Gasteiger partial charge in [-0.3, -0.25) is 4.79 Å². The van der Waals surface area contributed by atoms with Gasteiger partial charge in [-0.2, -0.15) is 0 Å². The standard InChI is InChI=1S/C9H8BrF2NO2/c1-3-2-4(10)7(12)5(6(3)11)8(13)9(14)15/h2,8H,13H2,1H3,(H,14,15). The molecule has 0 saturated carbocycles. The molecule has 15 heavy (non-hydrogen) atoms. The maximum absolute atomic E-state index is 13.4. The van der Waals surface area contributed by atoms with E-state index in [9.17, 15) is 13.6 Å². The highest BCUT2D eigenvalue weighted by Crippen LogP contribution is 2.28. The van der Waals surface area contributed by atoms with Crippen LogP contribution >= 0.6 is 15.9 Å². The second-order valence-corrected chi connectivity index (χ2v) is 3.89. The molecule has 1 aromatic carbocycles. The fraction of sp³-hybridized carbons (Fsp3) is 0.222. The molecule has 1 rings (SSSR count). The molecule has 0 spiro atoms. The van der Waals surface area contributed by atoms with Crippen molar-refractivity contribution in [1.82, 2.24) is 0 Å². The molecule has 0 aliphatic rings. The Balaban J connectivity index is 3.45. The Labute approximate surface area is 93.0 Å². The number of aryl methyl sites for hydroxylation is 1. The zero-order valence-electron chi connectivity index (χ0n) is 7.72. The molecule has 0 bridgehead atoms. The first-order valence-corrected chi connectivity index (χ1v) is 4.78. The van der Waals surface area contributed by atoms with E-state index < -0.39 is 29.2 Å². The highest BCUT2D eigenvalue weighted by atomic mass is 79.9. The number of carboxylic acid groups (broad SMARTS) is 1. The topological polar surface area (TPSA) is 63.3 Å². The number of carbonyl (C=O) groups is 1. The molecule has 0 aliphatic heterocycles. The summed E-state index contributed by atoms with van der Waals surface area (Å²) in [6.45, 7) is 1.40. The zero-order chi connectivity index (χ0) is 11.7. The van der Waals surface area contributed by atoms with E-state index in [1.54, 1.807) is 0 Å². The first-order chi connectivity index (χ1) is 6.86. The fourth-order valence-electron chi connectivity index (χ4n) is 1.15. The maximum Gasteiger partial charge on any atom is 0.325 e. The Morgan fingerprint density at radius 2 is 2.07 bits per heavy atom. The van der Waals surface area contributed by atoms with Crippen LogP contribution in [0.25, 0.3) is 0 Å². The lowest BCUT2D eigenvalue weighted by Gasteiger charge is -2.12. The van der Waals surface area contributed by atoms with Crippen molar-refractivity contribution in [3.63, 3.8) is 0 Å². The molecule has 1 aromatic rings. The Hall–Kier alpha value is -1.01. The summed E-state index contributed by atoms with van der Waals surface area (Å²) < 4.78 is 26.9. The van der Waals surface area contributed by atoms with Crippen LogP contribution in [0.5, 0.6) is 0 Å². The van der Waals surface area contributed by atoms with Crippen molar-refractivity contribution in [2.45, 2.75) is 13.0 Å². The minimum absolute atomic E-state index is 0.00639. The average Bonchev–Trinajstić information content (AvgIpc) is 2.15. The molecule has 6 heteroatoms. The first-order valence-electron chi connectivity index (χ1n) is 3.98. The molecule has 82 valence electrons. The Kier molecular flexibility index (Phi) is 3.41. The van der Waals surface area contributed by atoms with E-state index >= 15 is 0 Å². The van der Waals surface area contributed by atoms with Crippen LogP contribution in [0, 0.1) is 18.6 Å². The number of rotatable bonds is 2. The Morgan fingerprint density at radius 1 is 1.53 bits per heavy atom. The summed E-state index contributed by atoms with van der Waals surface area (Å²) >= 11 is 2.86. The van der Waals surface area contributed by atoms with Gasteiger partial charge in [0.1, 0.15) is 17.7 Å². The highest BCUT2D eigenvalue weighted by Gasteiger charge is 2.25. The zero-order valence-corrected chi connectivity index (χ0v) is 9.31. The summed E-state index contributed by atoms with van der Waals surface area (Å²) in [6.07, 6.45) is 0. The average molecular weight is 280 g/mol. The van der Waals surface area contributed by atoms with Crippen LogP contribution in [-0.4, -0.2) is 11.1 Å². The van der Waals surface area contributed by atoms with Crippen LogP contribution in [0.4, 0.5) is 8.78 Å². The van der Waals surface area contributed by atoms with Gasteiger partial charge in [-0.05, 0) is 34.5 Å². The van der Waals surface area contributed by atoms with Gasteiger partial charge in [-0.1, -0.05) is 0 Å². The number of nitrogens with two attached hydrogens (primary N) is 1. The van der Waals surface area contributed by atoms with Crippen LogP contribution in [-0.2, 0) is 4.79 Å². The molecule has 3 N–H and O–H groups in total. The van der Waals surface area contributed by atoms with Crippen LogP contribution in [0.15, 0.2) is 10.5 Å². The lowest BCUT2D eigenvalue weighted by molar-refractivity contribution is -0.138. The van der Waals surface area contributed by atoms with Crippen LogP contribution in [0.2, 0.25) is 0 Å². The van der Waals surface area contributed by atoms with Crippen molar-refractivity contribution < 1.29 is 18.7 Å². The van der Waals surface area contributed by atoms with Crippen molar-refractivity contribution in [3.05, 3.63) is 33.3 Å². The number of benzene rings is 1. The van der Waals surface area contributed by atoms with E-state index in [2.05, 4.69) is 15.9 Å². The summed E-state index contributed by atoms with van der Waals surface area (Å²) in [6, 6.07) is -0.482. The van der Waals surface area contributed by atoms with E-state index in [1.807, 2.05) is 0 Å². The molecular weight excluding hydrogens is 272 g/mol. The Bertz CT molecular complexity index is 397. The Morgan fingerprint density at radius 3 is 2.53 bits per heavy atom. The smallest absolute Gasteiger partial charge is 0.325 e. The summed E-state index contributed by atoms with van der Waals surface area (Å²) in [5.41, 5.74) is 4.68. The van der Waals surface area contributed by atoms with Crippen molar-refractivity contribution >= 4 is 21.9 Å². The quantitative estimate of drug-likeness (QED) is 0.815. The molecule has 0 heterocycles. The third kappa shape index (κ3) is 2.15. The van der Waals surface area contributed by atoms with Crippen LogP contribution in [0.3, 0.4) is 0 Å². The molecule has 0 aromatic heterocycles. The molecule has 0 fully saturated rings. The van der Waals surface area contributed by atoms with Gasteiger partial charge in [0.25, 0.3) is 0 Å². The lowest BCUT2D eigenvalue weighted by atomic mass is 10.0. The van der Waals surface area contributed by atoms with Crippen molar-refractivity contribution in [3.8, 4) is 0 Å². The van der Waals surface area contributed by atoms with Crippen molar-refractivity contribution in [1.29, 1.82) is 0 Å². The molecule has 0 aliphatic carbocycles. The van der Waals surface area contributed by atoms with E-state index in [4.69, 9.17) is 10.8 Å². The summed E-state index contributed by atoms with van der Waals surface area (Å²) in [5.74, 6) is -3.39. The number of hydrogen-bond acceptors (Lipinski definition) is 2. The largest absolute Gasteiger partial charge is 0.480 e. The second-order valence-electron chi connectivity index (χ2n) is 3.03. The van der Waals surface area contributed by atoms with E-state index in [-0.39, 0.29) is 10.0 Å². The van der Waals surface area contributed by atoms with E-state index in [1.165, 1.54) is 13.0 Å². The van der Waals surface area contributed by atoms with Gasteiger partial charge in [0, 0.05) is 0 Å². The number of halogens is 3. The maximum atomic E-state index is 13.4. The third-order valence-electron chi connectivity index (χ3n) is 1.95. The molecule has 0 saturated heterocycles. The minimum atomic E-state index is -1.71. The number of aliphatic carboxylic acids is 1. The van der Waals surface area contributed by atoms with Gasteiger partial charge in [0.15, 0.2) is 0 Å². The number of hydrogen-bond donors (Lipinski definition) is 2. The summed E-state index contributed by atoms with van der Waals surface area (Å²) in [4.78, 5) is 10.6. The summed E-state index contributed by atoms with van der Waals surface area (Å²) in [5, 5.41) is 8.59. The summed E-state index contributed by atoms with van der Waals surface area (Å²) in [7, 11) is 0. The highest BCUT2D eigenvalue weighted by molar-refractivity contribution is 9.10. The van der Waals surface area contributed by atoms with E-state index in [0.29, 0.717) is 0 Å². The third-order valence-corrected chi connectivity index (χ3v) is 2.53. The number of carboxylic acids is 1. The molecule has 1 atom stereocenters. The SMILES string of the molecule is Cc1cc(Br)c(F)c(C(N)C(=O)O)c1F. The van der Waals surface area contributed by atoms with Crippen LogP contribution in [0.1, 0.15) is 17.2 Å². The van der Waals surface area contributed by atoms with Gasteiger partial charge >= 0.3 is 5.97 Å². The second kappa shape index (κ2) is 4.24. The predicted octanol–water partition coefficient (Wildman–Crippen LogP) is 2.12. The van der Waals surface area contributed by atoms with Gasteiger partial charge in [0.05, 0.1) is 10.0 Å². The molecule has 3 nitrogen and oxygen atoms in total. The van der Waals surface area contributed by atoms with Crippen LogP contribution < -0.4 is 5.73 Å². The normalized spacial score (nSPS) is 12.6. The van der Waals surface area contributed by atoms with Crippen molar-refractivity contribution in [2.24, 2.45) is 5.73 Å². The molecule has 0 amide bonds. The molecule has 0 radical (unpaired) electrons. The monoisotopic (exact) mass is 279 g/mol. The van der Waals surface area contributed by atoms with E-state index in [0.717, 1.165) is 0 Å². The minimum Gasteiger partial charge on any atom is -0.480 e. The molecule has 1 unspecified atom stereocenters. The van der Waals surface area contributed by atoms with Gasteiger partial charge in [-0.15, -0.1) is 0 Å². The van der Waals surface area contributed by atoms with Gasteiger partial charge in [-0.25, -0.2) is 8.78 Å². The van der Waals surface area contributed by atoms with Crippen molar-refractivity contribution in [2.75, 3.05) is 0 Å². The predicted molar refractivity (Wildman–Crippen MR) is 53.4 cm³/mol. The first kappa shape index (κ1) is 12.1. The lowest BCUT2D eigenvalue weighted by Crippen LogP contribution is -2.23. The fourth-order valence-corrected chi connectivity index (χ4v) is 1.71. The van der Waals surface area contributed by atoms with Gasteiger partial charge < -0.3 is 10.8 Å². The molecular formula is C9H8BrF2NO2.